The van der Waals surface area contributed by atoms with Gasteiger partial charge in [-0.05, 0) is 44.8 Å². The molecule has 110 valence electrons. The Morgan fingerprint density at radius 2 is 2.30 bits per heavy atom. The van der Waals surface area contributed by atoms with Crippen LogP contribution in [0.25, 0.3) is 0 Å². The smallest absolute Gasteiger partial charge is 0.224 e. The Morgan fingerprint density at radius 3 is 3.00 bits per heavy atom. The van der Waals surface area contributed by atoms with Crippen molar-refractivity contribution in [3.63, 3.8) is 0 Å². The summed E-state index contributed by atoms with van der Waals surface area (Å²) in [4.78, 5) is 12.1. The van der Waals surface area contributed by atoms with Gasteiger partial charge in [-0.1, -0.05) is 18.2 Å². The van der Waals surface area contributed by atoms with E-state index in [9.17, 15) is 4.79 Å². The highest BCUT2D eigenvalue weighted by atomic mass is 16.5. The average Bonchev–Trinajstić information content (AvgIpc) is 2.48. The van der Waals surface area contributed by atoms with E-state index in [0.29, 0.717) is 12.3 Å². The van der Waals surface area contributed by atoms with Crippen LogP contribution in [0.5, 0.6) is 5.75 Å². The fourth-order valence-corrected chi connectivity index (χ4v) is 2.75. The quantitative estimate of drug-likeness (QED) is 0.861. The van der Waals surface area contributed by atoms with Crippen molar-refractivity contribution in [1.29, 1.82) is 0 Å². The van der Waals surface area contributed by atoms with Crippen LogP contribution in [-0.4, -0.2) is 32.1 Å². The Bertz CT molecular complexity index is 442. The van der Waals surface area contributed by atoms with Crippen LogP contribution in [-0.2, 0) is 11.2 Å². The van der Waals surface area contributed by atoms with Gasteiger partial charge < -0.3 is 15.4 Å². The van der Waals surface area contributed by atoms with Gasteiger partial charge in [-0.15, -0.1) is 0 Å². The van der Waals surface area contributed by atoms with Crippen molar-refractivity contribution in [3.8, 4) is 5.75 Å². The molecule has 0 saturated carbocycles. The highest BCUT2D eigenvalue weighted by Gasteiger charge is 2.21. The summed E-state index contributed by atoms with van der Waals surface area (Å²) >= 11 is 0. The van der Waals surface area contributed by atoms with E-state index in [0.717, 1.165) is 24.4 Å². The summed E-state index contributed by atoms with van der Waals surface area (Å²) in [5, 5.41) is 6.50. The number of benzene rings is 1. The van der Waals surface area contributed by atoms with Crippen LogP contribution in [0.2, 0.25) is 0 Å². The third-order valence-electron chi connectivity index (χ3n) is 3.97. The molecule has 4 heteroatoms. The normalized spacial score (nSPS) is 20.2. The molecule has 20 heavy (non-hydrogen) atoms. The summed E-state index contributed by atoms with van der Waals surface area (Å²) in [6.07, 6.45) is 2.75. The molecule has 1 heterocycles. The number of hydrogen-bond donors (Lipinski definition) is 2. The van der Waals surface area contributed by atoms with Crippen molar-refractivity contribution >= 4 is 5.91 Å². The second-order valence-corrected chi connectivity index (χ2v) is 5.45. The summed E-state index contributed by atoms with van der Waals surface area (Å²) in [5.41, 5.74) is 0.932. The molecule has 0 bridgehead atoms. The first kappa shape index (κ1) is 14.9. The van der Waals surface area contributed by atoms with Crippen LogP contribution in [0, 0.1) is 5.92 Å². The molecule has 0 aliphatic carbocycles. The second-order valence-electron chi connectivity index (χ2n) is 5.45. The lowest BCUT2D eigenvalue weighted by atomic mass is 9.92. The molecule has 4 nitrogen and oxygen atoms in total. The van der Waals surface area contributed by atoms with E-state index in [-0.39, 0.29) is 11.9 Å². The summed E-state index contributed by atoms with van der Waals surface area (Å²) in [6.45, 7) is 4.19. The molecule has 2 unspecified atom stereocenters. The number of carbonyl (C=O) groups is 1. The molecule has 0 aromatic heterocycles. The van der Waals surface area contributed by atoms with Gasteiger partial charge in [0.05, 0.1) is 13.5 Å². The summed E-state index contributed by atoms with van der Waals surface area (Å²) < 4.78 is 5.28. The van der Waals surface area contributed by atoms with Gasteiger partial charge in [0.1, 0.15) is 5.75 Å². The van der Waals surface area contributed by atoms with Crippen molar-refractivity contribution in [3.05, 3.63) is 29.8 Å². The van der Waals surface area contributed by atoms with Crippen molar-refractivity contribution in [2.75, 3.05) is 20.2 Å². The maximum atomic E-state index is 12.1. The first-order chi connectivity index (χ1) is 9.70. The molecule has 2 atom stereocenters. The van der Waals surface area contributed by atoms with Gasteiger partial charge >= 0.3 is 0 Å². The number of ether oxygens (including phenoxy) is 1. The molecular weight excluding hydrogens is 252 g/mol. The molecular formula is C16H24N2O2. The molecule has 1 saturated heterocycles. The lowest BCUT2D eigenvalue weighted by molar-refractivity contribution is -0.121. The maximum Gasteiger partial charge on any atom is 0.224 e. The Morgan fingerprint density at radius 1 is 1.50 bits per heavy atom. The van der Waals surface area contributed by atoms with E-state index in [1.165, 1.54) is 12.8 Å². The Hall–Kier alpha value is -1.55. The second kappa shape index (κ2) is 7.29. The number of nitrogens with one attached hydrogen (secondary N) is 2. The van der Waals surface area contributed by atoms with Crippen molar-refractivity contribution < 1.29 is 9.53 Å². The lowest BCUT2D eigenvalue weighted by Crippen LogP contribution is -2.45. The largest absolute Gasteiger partial charge is 0.496 e. The molecule has 0 radical (unpaired) electrons. The van der Waals surface area contributed by atoms with Crippen LogP contribution in [0.1, 0.15) is 25.3 Å². The topological polar surface area (TPSA) is 50.4 Å². The maximum absolute atomic E-state index is 12.1. The summed E-state index contributed by atoms with van der Waals surface area (Å²) in [5.74, 6) is 1.37. The van der Waals surface area contributed by atoms with E-state index in [1.807, 2.05) is 24.3 Å². The van der Waals surface area contributed by atoms with E-state index in [4.69, 9.17) is 4.74 Å². The minimum Gasteiger partial charge on any atom is -0.496 e. The fraction of sp³-hybridized carbons (Fsp3) is 0.562. The number of hydrogen-bond acceptors (Lipinski definition) is 3. The number of para-hydroxylation sites is 1. The Balaban J connectivity index is 1.88. The first-order valence-electron chi connectivity index (χ1n) is 7.32. The van der Waals surface area contributed by atoms with E-state index in [1.54, 1.807) is 7.11 Å². The molecule has 1 aromatic rings. The van der Waals surface area contributed by atoms with Gasteiger partial charge in [0.15, 0.2) is 0 Å². The molecule has 1 aliphatic heterocycles. The predicted octanol–water partition coefficient (Wildman–Crippen LogP) is 1.74. The van der Waals surface area contributed by atoms with Crippen LogP contribution in [0.15, 0.2) is 24.3 Å². The highest BCUT2D eigenvalue weighted by molar-refractivity contribution is 5.79. The predicted molar refractivity (Wildman–Crippen MR) is 79.9 cm³/mol. The van der Waals surface area contributed by atoms with Crippen LogP contribution in [0.3, 0.4) is 0 Å². The number of piperidine rings is 1. The molecule has 1 aromatic carbocycles. The van der Waals surface area contributed by atoms with Gasteiger partial charge in [-0.25, -0.2) is 0 Å². The molecule has 1 fully saturated rings. The lowest BCUT2D eigenvalue weighted by Gasteiger charge is -2.29. The minimum atomic E-state index is 0.0626. The zero-order valence-corrected chi connectivity index (χ0v) is 12.3. The van der Waals surface area contributed by atoms with Crippen LogP contribution in [0.4, 0.5) is 0 Å². The molecule has 1 amide bonds. The number of amides is 1. The highest BCUT2D eigenvalue weighted by Crippen LogP contribution is 2.18. The van der Waals surface area contributed by atoms with Crippen LogP contribution >= 0.6 is 0 Å². The summed E-state index contributed by atoms with van der Waals surface area (Å²) in [7, 11) is 1.63. The molecule has 2 N–H and O–H groups in total. The Labute approximate surface area is 120 Å². The van der Waals surface area contributed by atoms with E-state index >= 15 is 0 Å². The van der Waals surface area contributed by atoms with Crippen molar-refractivity contribution in [2.24, 2.45) is 5.92 Å². The van der Waals surface area contributed by atoms with E-state index in [2.05, 4.69) is 17.6 Å². The standard InChI is InChI=1S/C16H24N2O2/c1-12(14-7-5-9-17-11-14)18-16(19)10-13-6-3-4-8-15(13)20-2/h3-4,6,8,12,14,17H,5,7,9-11H2,1-2H3,(H,18,19). The summed E-state index contributed by atoms with van der Waals surface area (Å²) in [6, 6.07) is 7.88. The number of rotatable bonds is 5. The average molecular weight is 276 g/mol. The first-order valence-corrected chi connectivity index (χ1v) is 7.32. The monoisotopic (exact) mass is 276 g/mol. The molecule has 2 rings (SSSR count). The zero-order chi connectivity index (χ0) is 14.4. The van der Waals surface area contributed by atoms with Gasteiger partial charge in [-0.3, -0.25) is 4.79 Å². The van der Waals surface area contributed by atoms with Crippen LogP contribution < -0.4 is 15.4 Å². The van der Waals surface area contributed by atoms with E-state index < -0.39 is 0 Å². The molecule has 0 spiro atoms. The van der Waals surface area contributed by atoms with Gasteiger partial charge in [0.25, 0.3) is 0 Å². The van der Waals surface area contributed by atoms with Crippen molar-refractivity contribution in [2.45, 2.75) is 32.2 Å². The third kappa shape index (κ3) is 3.97. The number of carbonyl (C=O) groups excluding carboxylic acids is 1. The van der Waals surface area contributed by atoms with Crippen molar-refractivity contribution in [1.82, 2.24) is 10.6 Å². The number of methoxy groups -OCH3 is 1. The van der Waals surface area contributed by atoms with Gasteiger partial charge in [0, 0.05) is 11.6 Å². The van der Waals surface area contributed by atoms with Gasteiger partial charge in [-0.2, -0.15) is 0 Å². The minimum absolute atomic E-state index is 0.0626. The molecule has 1 aliphatic rings. The Kier molecular flexibility index (Phi) is 5.41. The fourth-order valence-electron chi connectivity index (χ4n) is 2.75. The third-order valence-corrected chi connectivity index (χ3v) is 3.97. The zero-order valence-electron chi connectivity index (χ0n) is 12.3. The SMILES string of the molecule is COc1ccccc1CC(=O)NC(C)C1CCCNC1. The van der Waals surface area contributed by atoms with Gasteiger partial charge in [0.2, 0.25) is 5.91 Å².